The second-order valence-corrected chi connectivity index (χ2v) is 5.44. The van der Waals surface area contributed by atoms with E-state index >= 15 is 0 Å². The van der Waals surface area contributed by atoms with Crippen LogP contribution in [0.5, 0.6) is 5.75 Å². The minimum absolute atomic E-state index is 0.341. The zero-order chi connectivity index (χ0) is 13.9. The standard InChI is InChI=1S/C18H21NO/c1-13(19-2)17-5-3-4-6-18(17)14-7-9-15(10-8-14)20-16-11-12-16/h3-10,13,16,19H,11-12H2,1-2H3. The monoisotopic (exact) mass is 267 g/mol. The lowest BCUT2D eigenvalue weighted by atomic mass is 9.95. The van der Waals surface area contributed by atoms with E-state index in [4.69, 9.17) is 4.74 Å². The van der Waals surface area contributed by atoms with Crippen LogP contribution in [0.15, 0.2) is 48.5 Å². The maximum absolute atomic E-state index is 5.80. The molecular formula is C18H21NO. The van der Waals surface area contributed by atoms with E-state index in [1.807, 2.05) is 7.05 Å². The summed E-state index contributed by atoms with van der Waals surface area (Å²) in [5.74, 6) is 0.982. The second kappa shape index (κ2) is 5.68. The molecule has 2 aromatic carbocycles. The third-order valence-electron chi connectivity index (χ3n) is 3.85. The van der Waals surface area contributed by atoms with Gasteiger partial charge in [0, 0.05) is 6.04 Å². The second-order valence-electron chi connectivity index (χ2n) is 5.44. The Balaban J connectivity index is 1.88. The first-order chi connectivity index (χ1) is 9.78. The van der Waals surface area contributed by atoms with Gasteiger partial charge in [-0.15, -0.1) is 0 Å². The molecule has 1 unspecified atom stereocenters. The summed E-state index contributed by atoms with van der Waals surface area (Å²) in [5, 5.41) is 3.31. The first-order valence-corrected chi connectivity index (χ1v) is 7.31. The van der Waals surface area contributed by atoms with Crippen LogP contribution in [-0.4, -0.2) is 13.2 Å². The summed E-state index contributed by atoms with van der Waals surface area (Å²) in [4.78, 5) is 0. The Morgan fingerprint density at radius 2 is 1.75 bits per heavy atom. The van der Waals surface area contributed by atoms with Crippen LogP contribution in [0.3, 0.4) is 0 Å². The Kier molecular flexibility index (Phi) is 3.75. The van der Waals surface area contributed by atoms with Gasteiger partial charge in [0.15, 0.2) is 0 Å². The van der Waals surface area contributed by atoms with E-state index in [0.29, 0.717) is 12.1 Å². The van der Waals surface area contributed by atoms with E-state index in [-0.39, 0.29) is 0 Å². The highest BCUT2D eigenvalue weighted by Crippen LogP contribution is 2.31. The van der Waals surface area contributed by atoms with E-state index in [1.54, 1.807) is 0 Å². The molecule has 0 spiro atoms. The normalized spacial score (nSPS) is 15.9. The van der Waals surface area contributed by atoms with Gasteiger partial charge in [-0.05, 0) is 55.6 Å². The molecule has 1 aliphatic rings. The van der Waals surface area contributed by atoms with Gasteiger partial charge >= 0.3 is 0 Å². The van der Waals surface area contributed by atoms with E-state index in [2.05, 4.69) is 60.8 Å². The van der Waals surface area contributed by atoms with Crippen molar-refractivity contribution in [2.45, 2.75) is 31.9 Å². The molecule has 1 N–H and O–H groups in total. The number of ether oxygens (including phenoxy) is 1. The van der Waals surface area contributed by atoms with Gasteiger partial charge < -0.3 is 10.1 Å². The molecular weight excluding hydrogens is 246 g/mol. The fraction of sp³-hybridized carbons (Fsp3) is 0.333. The molecule has 2 aromatic rings. The Labute approximate surface area is 120 Å². The highest BCUT2D eigenvalue weighted by Gasteiger charge is 2.23. The van der Waals surface area contributed by atoms with Crippen LogP contribution in [0.2, 0.25) is 0 Å². The van der Waals surface area contributed by atoms with Crippen LogP contribution in [0, 0.1) is 0 Å². The van der Waals surface area contributed by atoms with Gasteiger partial charge in [0.25, 0.3) is 0 Å². The SMILES string of the molecule is CNC(C)c1ccccc1-c1ccc(OC2CC2)cc1. The highest BCUT2D eigenvalue weighted by molar-refractivity contribution is 5.68. The molecule has 0 radical (unpaired) electrons. The molecule has 0 aromatic heterocycles. The molecule has 20 heavy (non-hydrogen) atoms. The molecule has 1 aliphatic carbocycles. The minimum Gasteiger partial charge on any atom is -0.490 e. The Hall–Kier alpha value is -1.80. The van der Waals surface area contributed by atoms with Crippen molar-refractivity contribution in [3.8, 4) is 16.9 Å². The summed E-state index contributed by atoms with van der Waals surface area (Å²) >= 11 is 0. The number of hydrogen-bond acceptors (Lipinski definition) is 2. The van der Waals surface area contributed by atoms with Crippen molar-refractivity contribution >= 4 is 0 Å². The molecule has 104 valence electrons. The first-order valence-electron chi connectivity index (χ1n) is 7.31. The molecule has 0 bridgehead atoms. The van der Waals surface area contributed by atoms with Crippen LogP contribution >= 0.6 is 0 Å². The third-order valence-corrected chi connectivity index (χ3v) is 3.85. The molecule has 1 saturated carbocycles. The van der Waals surface area contributed by atoms with E-state index in [1.165, 1.54) is 29.5 Å². The van der Waals surface area contributed by atoms with Crippen molar-refractivity contribution in [3.63, 3.8) is 0 Å². The highest BCUT2D eigenvalue weighted by atomic mass is 16.5. The zero-order valence-electron chi connectivity index (χ0n) is 12.1. The maximum atomic E-state index is 5.80. The largest absolute Gasteiger partial charge is 0.490 e. The lowest BCUT2D eigenvalue weighted by molar-refractivity contribution is 0.303. The topological polar surface area (TPSA) is 21.3 Å². The van der Waals surface area contributed by atoms with Gasteiger partial charge in [-0.1, -0.05) is 36.4 Å². The van der Waals surface area contributed by atoms with Crippen LogP contribution in [0.1, 0.15) is 31.4 Å². The number of benzene rings is 2. The zero-order valence-corrected chi connectivity index (χ0v) is 12.1. The van der Waals surface area contributed by atoms with E-state index in [0.717, 1.165) is 5.75 Å². The first kappa shape index (κ1) is 13.2. The Morgan fingerprint density at radius 1 is 1.05 bits per heavy atom. The predicted octanol–water partition coefficient (Wildman–Crippen LogP) is 4.18. The summed E-state index contributed by atoms with van der Waals surface area (Å²) in [6, 6.07) is 17.4. The van der Waals surface area contributed by atoms with Gasteiger partial charge in [-0.3, -0.25) is 0 Å². The van der Waals surface area contributed by atoms with Crippen molar-refractivity contribution in [3.05, 3.63) is 54.1 Å². The summed E-state index contributed by atoms with van der Waals surface area (Å²) in [5.41, 5.74) is 3.85. The lowest BCUT2D eigenvalue weighted by Gasteiger charge is -2.16. The molecule has 2 nitrogen and oxygen atoms in total. The van der Waals surface area contributed by atoms with Gasteiger partial charge in [0.05, 0.1) is 6.10 Å². The van der Waals surface area contributed by atoms with Crippen molar-refractivity contribution in [2.24, 2.45) is 0 Å². The van der Waals surface area contributed by atoms with E-state index in [9.17, 15) is 0 Å². The average Bonchev–Trinajstić information content (AvgIpc) is 3.31. The van der Waals surface area contributed by atoms with E-state index < -0.39 is 0 Å². The summed E-state index contributed by atoms with van der Waals surface area (Å²) in [7, 11) is 1.99. The molecule has 3 rings (SSSR count). The van der Waals surface area contributed by atoms with Crippen molar-refractivity contribution in [2.75, 3.05) is 7.05 Å². The molecule has 0 saturated heterocycles. The lowest BCUT2D eigenvalue weighted by Crippen LogP contribution is -2.13. The quantitative estimate of drug-likeness (QED) is 0.877. The van der Waals surface area contributed by atoms with Gasteiger partial charge in [-0.25, -0.2) is 0 Å². The molecule has 0 amide bonds. The minimum atomic E-state index is 0.341. The Morgan fingerprint density at radius 3 is 2.40 bits per heavy atom. The van der Waals surface area contributed by atoms with Crippen molar-refractivity contribution in [1.82, 2.24) is 5.32 Å². The molecule has 2 heteroatoms. The molecule has 1 atom stereocenters. The fourth-order valence-corrected chi connectivity index (χ4v) is 2.38. The fourth-order valence-electron chi connectivity index (χ4n) is 2.38. The summed E-state index contributed by atoms with van der Waals surface area (Å²) < 4.78 is 5.80. The van der Waals surface area contributed by atoms with Crippen LogP contribution in [0.4, 0.5) is 0 Å². The van der Waals surface area contributed by atoms with Gasteiger partial charge in [0.1, 0.15) is 5.75 Å². The molecule has 1 fully saturated rings. The number of hydrogen-bond donors (Lipinski definition) is 1. The van der Waals surface area contributed by atoms with Crippen molar-refractivity contribution in [1.29, 1.82) is 0 Å². The third kappa shape index (κ3) is 2.86. The predicted molar refractivity (Wildman–Crippen MR) is 83.0 cm³/mol. The molecule has 0 heterocycles. The maximum Gasteiger partial charge on any atom is 0.119 e. The number of nitrogens with one attached hydrogen (secondary N) is 1. The molecule has 0 aliphatic heterocycles. The average molecular weight is 267 g/mol. The van der Waals surface area contributed by atoms with Gasteiger partial charge in [0.2, 0.25) is 0 Å². The van der Waals surface area contributed by atoms with Crippen LogP contribution < -0.4 is 10.1 Å². The Bertz CT molecular complexity index is 572. The smallest absolute Gasteiger partial charge is 0.119 e. The van der Waals surface area contributed by atoms with Gasteiger partial charge in [-0.2, -0.15) is 0 Å². The van der Waals surface area contributed by atoms with Crippen LogP contribution in [-0.2, 0) is 0 Å². The number of rotatable bonds is 5. The summed E-state index contributed by atoms with van der Waals surface area (Å²) in [6.07, 6.45) is 2.85. The van der Waals surface area contributed by atoms with Crippen LogP contribution in [0.25, 0.3) is 11.1 Å². The van der Waals surface area contributed by atoms with Crippen molar-refractivity contribution < 1.29 is 4.74 Å². The summed E-state index contributed by atoms with van der Waals surface area (Å²) in [6.45, 7) is 2.18.